The first-order valence-corrected chi connectivity index (χ1v) is 5.79. The van der Waals surface area contributed by atoms with Gasteiger partial charge in [0.05, 0.1) is 6.54 Å². The summed E-state index contributed by atoms with van der Waals surface area (Å²) >= 11 is 9.01. The summed E-state index contributed by atoms with van der Waals surface area (Å²) in [7, 11) is 0. The van der Waals surface area contributed by atoms with E-state index in [1.165, 1.54) is 10.8 Å². The summed E-state index contributed by atoms with van der Waals surface area (Å²) in [5, 5.41) is -0.000360. The number of hydrogen-bond acceptors (Lipinski definition) is 2. The summed E-state index contributed by atoms with van der Waals surface area (Å²) < 4.78 is 2.54. The number of rotatable bonds is 2. The zero-order valence-corrected chi connectivity index (χ0v) is 10.6. The molecule has 5 heteroatoms. The molecule has 0 fully saturated rings. The number of aromatic nitrogens is 2. The summed E-state index contributed by atoms with van der Waals surface area (Å²) in [6, 6.07) is 7.77. The molecule has 2 aromatic rings. The fourth-order valence-corrected chi connectivity index (χ4v) is 1.76. The smallest absolute Gasteiger partial charge is 0.288 e. The molecule has 1 heterocycles. The molecule has 0 unspecified atom stereocenters. The van der Waals surface area contributed by atoms with Crippen LogP contribution in [-0.4, -0.2) is 9.55 Å². The van der Waals surface area contributed by atoms with Gasteiger partial charge in [-0.05, 0) is 17.7 Å². The van der Waals surface area contributed by atoms with Crippen LogP contribution in [0.1, 0.15) is 5.56 Å². The second-order valence-electron chi connectivity index (χ2n) is 3.28. The fraction of sp³-hybridized carbons (Fsp3) is 0.0909. The van der Waals surface area contributed by atoms with Gasteiger partial charge in [-0.2, -0.15) is 0 Å². The molecule has 0 aliphatic heterocycles. The van der Waals surface area contributed by atoms with Gasteiger partial charge >= 0.3 is 0 Å². The van der Waals surface area contributed by atoms with E-state index in [2.05, 4.69) is 20.9 Å². The van der Waals surface area contributed by atoms with Gasteiger partial charge in [0.1, 0.15) is 0 Å². The van der Waals surface area contributed by atoms with E-state index < -0.39 is 0 Å². The maximum atomic E-state index is 11.6. The Bertz CT molecular complexity index is 551. The maximum absolute atomic E-state index is 11.6. The zero-order chi connectivity index (χ0) is 11.5. The zero-order valence-electron chi connectivity index (χ0n) is 8.23. The highest BCUT2D eigenvalue weighted by Gasteiger charge is 2.02. The van der Waals surface area contributed by atoms with Gasteiger partial charge in [-0.3, -0.25) is 4.79 Å². The highest BCUT2D eigenvalue weighted by Crippen LogP contribution is 2.11. The Hall–Kier alpha value is -1.13. The van der Waals surface area contributed by atoms with Gasteiger partial charge in [-0.1, -0.05) is 39.7 Å². The Morgan fingerprint density at radius 1 is 1.31 bits per heavy atom. The molecule has 0 N–H and O–H groups in total. The highest BCUT2D eigenvalue weighted by molar-refractivity contribution is 9.10. The standard InChI is InChI=1S/C11H8BrClN2O/c12-9-3-1-8(2-4-9)7-15-6-5-14-10(13)11(15)16/h1-6H,7H2. The van der Waals surface area contributed by atoms with Crippen LogP contribution in [0.4, 0.5) is 0 Å². The van der Waals surface area contributed by atoms with E-state index in [1.54, 1.807) is 6.20 Å². The first kappa shape index (κ1) is 11.4. The second kappa shape index (κ2) is 4.80. The largest absolute Gasteiger partial charge is 0.307 e. The Balaban J connectivity index is 2.31. The van der Waals surface area contributed by atoms with Crippen LogP contribution in [0.2, 0.25) is 5.15 Å². The highest BCUT2D eigenvalue weighted by atomic mass is 79.9. The monoisotopic (exact) mass is 298 g/mol. The average molecular weight is 300 g/mol. The van der Waals surface area contributed by atoms with Crippen molar-refractivity contribution in [3.63, 3.8) is 0 Å². The van der Waals surface area contributed by atoms with Crippen LogP contribution in [-0.2, 0) is 6.54 Å². The van der Waals surface area contributed by atoms with E-state index in [0.717, 1.165) is 10.0 Å². The predicted molar refractivity (Wildman–Crippen MR) is 66.8 cm³/mol. The number of nitrogens with zero attached hydrogens (tertiary/aromatic N) is 2. The third-order valence-corrected chi connectivity index (χ3v) is 2.93. The lowest BCUT2D eigenvalue weighted by atomic mass is 10.2. The Morgan fingerprint density at radius 2 is 2.00 bits per heavy atom. The van der Waals surface area contributed by atoms with Crippen LogP contribution in [0, 0.1) is 0 Å². The quantitative estimate of drug-likeness (QED) is 0.854. The molecule has 2 rings (SSSR count). The molecule has 0 aliphatic rings. The SMILES string of the molecule is O=c1c(Cl)nccn1Cc1ccc(Br)cc1. The van der Waals surface area contributed by atoms with Crippen LogP contribution in [0.25, 0.3) is 0 Å². The first-order valence-electron chi connectivity index (χ1n) is 4.62. The lowest BCUT2D eigenvalue weighted by Gasteiger charge is -2.05. The second-order valence-corrected chi connectivity index (χ2v) is 4.55. The van der Waals surface area contributed by atoms with Crippen molar-refractivity contribution in [1.82, 2.24) is 9.55 Å². The molecule has 0 amide bonds. The van der Waals surface area contributed by atoms with Crippen LogP contribution >= 0.6 is 27.5 Å². The predicted octanol–water partition coefficient (Wildman–Crippen LogP) is 2.71. The van der Waals surface area contributed by atoms with E-state index in [1.807, 2.05) is 24.3 Å². The van der Waals surface area contributed by atoms with Crippen LogP contribution in [0.15, 0.2) is 45.9 Å². The molecular formula is C11H8BrClN2O. The molecule has 3 nitrogen and oxygen atoms in total. The maximum Gasteiger partial charge on any atom is 0.288 e. The summed E-state index contributed by atoms with van der Waals surface area (Å²) in [5.74, 6) is 0. The third-order valence-electron chi connectivity index (χ3n) is 2.14. The van der Waals surface area contributed by atoms with E-state index in [-0.39, 0.29) is 10.7 Å². The molecule has 0 atom stereocenters. The van der Waals surface area contributed by atoms with Crippen molar-refractivity contribution in [2.75, 3.05) is 0 Å². The van der Waals surface area contributed by atoms with Crippen LogP contribution in [0.3, 0.4) is 0 Å². The van der Waals surface area contributed by atoms with Gasteiger partial charge in [0.25, 0.3) is 5.56 Å². The lowest BCUT2D eigenvalue weighted by molar-refractivity contribution is 0.748. The molecule has 1 aromatic heterocycles. The Morgan fingerprint density at radius 3 is 2.69 bits per heavy atom. The Kier molecular flexibility index (Phi) is 3.41. The van der Waals surface area contributed by atoms with E-state index in [0.29, 0.717) is 6.54 Å². The van der Waals surface area contributed by atoms with Gasteiger partial charge < -0.3 is 4.57 Å². The summed E-state index contributed by atoms with van der Waals surface area (Å²) in [6.07, 6.45) is 3.14. The minimum Gasteiger partial charge on any atom is -0.307 e. The molecule has 0 spiro atoms. The molecule has 0 saturated heterocycles. The topological polar surface area (TPSA) is 34.9 Å². The average Bonchev–Trinajstić information content (AvgIpc) is 2.28. The summed E-state index contributed by atoms with van der Waals surface area (Å²) in [5.41, 5.74) is 0.764. The van der Waals surface area contributed by atoms with Gasteiger partial charge in [-0.15, -0.1) is 0 Å². The Labute approximate surface area is 106 Å². The summed E-state index contributed by atoms with van der Waals surface area (Å²) in [4.78, 5) is 15.3. The molecular weight excluding hydrogens is 291 g/mol. The molecule has 1 aromatic carbocycles. The molecule has 0 saturated carbocycles. The first-order chi connectivity index (χ1) is 7.66. The van der Waals surface area contributed by atoms with Crippen molar-refractivity contribution >= 4 is 27.5 Å². The number of benzene rings is 1. The van der Waals surface area contributed by atoms with E-state index in [4.69, 9.17) is 11.6 Å². The van der Waals surface area contributed by atoms with Crippen LogP contribution in [0.5, 0.6) is 0 Å². The number of halogens is 2. The van der Waals surface area contributed by atoms with Crippen LogP contribution < -0.4 is 5.56 Å². The molecule has 82 valence electrons. The third kappa shape index (κ3) is 2.51. The van der Waals surface area contributed by atoms with Crippen molar-refractivity contribution in [2.24, 2.45) is 0 Å². The molecule has 0 aliphatic carbocycles. The molecule has 16 heavy (non-hydrogen) atoms. The van der Waals surface area contributed by atoms with Crippen molar-refractivity contribution in [2.45, 2.75) is 6.54 Å². The van der Waals surface area contributed by atoms with Crippen molar-refractivity contribution in [3.8, 4) is 0 Å². The minimum atomic E-state index is -0.271. The van der Waals surface area contributed by atoms with Gasteiger partial charge in [0, 0.05) is 16.9 Å². The van der Waals surface area contributed by atoms with Crippen molar-refractivity contribution < 1.29 is 0 Å². The van der Waals surface area contributed by atoms with Gasteiger partial charge in [0.15, 0.2) is 5.15 Å². The molecule has 0 bridgehead atoms. The molecule has 0 radical (unpaired) electrons. The number of hydrogen-bond donors (Lipinski definition) is 0. The summed E-state index contributed by atoms with van der Waals surface area (Å²) in [6.45, 7) is 0.494. The van der Waals surface area contributed by atoms with E-state index in [9.17, 15) is 4.79 Å². The normalized spacial score (nSPS) is 10.4. The van der Waals surface area contributed by atoms with Gasteiger partial charge in [0.2, 0.25) is 0 Å². The van der Waals surface area contributed by atoms with Crippen molar-refractivity contribution in [3.05, 3.63) is 62.2 Å². The van der Waals surface area contributed by atoms with Gasteiger partial charge in [-0.25, -0.2) is 4.98 Å². The van der Waals surface area contributed by atoms with Crippen molar-refractivity contribution in [1.29, 1.82) is 0 Å². The minimum absolute atomic E-state index is 0.000360. The van der Waals surface area contributed by atoms with E-state index >= 15 is 0 Å². The lowest BCUT2D eigenvalue weighted by Crippen LogP contribution is -2.21. The fourth-order valence-electron chi connectivity index (χ4n) is 1.33.